The number of nitrogens with zero attached hydrogens (tertiary/aromatic N) is 6. The third kappa shape index (κ3) is 2.46. The van der Waals surface area contributed by atoms with Crippen LogP contribution in [-0.4, -0.2) is 30.2 Å². The maximum atomic E-state index is 4.36. The average Bonchev–Trinajstić information content (AvgIpc) is 3.04. The first-order valence-corrected chi connectivity index (χ1v) is 7.13. The van der Waals surface area contributed by atoms with E-state index in [1.54, 1.807) is 22.5 Å². The number of hydrogen-bond acceptors (Lipinski definition) is 7. The molecule has 0 atom stereocenters. The van der Waals surface area contributed by atoms with Gasteiger partial charge >= 0.3 is 0 Å². The quantitative estimate of drug-likeness (QED) is 0.794. The van der Waals surface area contributed by atoms with Crippen molar-refractivity contribution in [2.45, 2.75) is 32.9 Å². The standard InChI is InChI=1S/C12H15N7S/c1-12(2,3)19-17-9(16-18-19)6-13-10-8-4-5-20-11(8)15-7-14-10/h4-5,7H,6H2,1-3H3,(H,13,14,15). The molecule has 0 radical (unpaired) electrons. The SMILES string of the molecule is CC(C)(C)n1nnc(CNc2ncnc3sccc23)n1. The zero-order chi connectivity index (χ0) is 14.2. The number of aromatic nitrogens is 6. The molecule has 0 spiro atoms. The van der Waals surface area contributed by atoms with Gasteiger partial charge in [-0.2, -0.15) is 4.80 Å². The van der Waals surface area contributed by atoms with Crippen LogP contribution in [0.2, 0.25) is 0 Å². The Labute approximate surface area is 120 Å². The smallest absolute Gasteiger partial charge is 0.193 e. The van der Waals surface area contributed by atoms with Gasteiger partial charge in [-0.1, -0.05) is 0 Å². The second-order valence-corrected chi connectivity index (χ2v) is 6.28. The van der Waals surface area contributed by atoms with Crippen LogP contribution in [0.1, 0.15) is 26.6 Å². The lowest BCUT2D eigenvalue weighted by atomic mass is 10.1. The molecule has 0 amide bonds. The zero-order valence-electron chi connectivity index (χ0n) is 11.5. The summed E-state index contributed by atoms with van der Waals surface area (Å²) in [4.78, 5) is 11.0. The summed E-state index contributed by atoms with van der Waals surface area (Å²) in [6, 6.07) is 2.00. The second-order valence-electron chi connectivity index (χ2n) is 5.38. The van der Waals surface area contributed by atoms with Crippen molar-refractivity contribution in [2.24, 2.45) is 0 Å². The van der Waals surface area contributed by atoms with Crippen molar-refractivity contribution in [1.29, 1.82) is 0 Å². The van der Waals surface area contributed by atoms with Crippen molar-refractivity contribution in [3.05, 3.63) is 23.6 Å². The highest BCUT2D eigenvalue weighted by Crippen LogP contribution is 2.23. The van der Waals surface area contributed by atoms with Gasteiger partial charge < -0.3 is 5.32 Å². The Morgan fingerprint density at radius 2 is 2.15 bits per heavy atom. The van der Waals surface area contributed by atoms with Crippen molar-refractivity contribution < 1.29 is 0 Å². The number of tetrazole rings is 1. The monoisotopic (exact) mass is 289 g/mol. The first kappa shape index (κ1) is 12.9. The van der Waals surface area contributed by atoms with Crippen LogP contribution in [0.25, 0.3) is 10.2 Å². The van der Waals surface area contributed by atoms with E-state index >= 15 is 0 Å². The zero-order valence-corrected chi connectivity index (χ0v) is 12.3. The Morgan fingerprint density at radius 1 is 1.30 bits per heavy atom. The molecular weight excluding hydrogens is 274 g/mol. The van der Waals surface area contributed by atoms with E-state index in [0.29, 0.717) is 12.4 Å². The number of thiophene rings is 1. The molecule has 8 heteroatoms. The third-order valence-corrected chi connectivity index (χ3v) is 3.55. The molecule has 0 aliphatic heterocycles. The van der Waals surface area contributed by atoms with E-state index in [1.807, 2.05) is 32.2 Å². The lowest BCUT2D eigenvalue weighted by Crippen LogP contribution is -2.24. The summed E-state index contributed by atoms with van der Waals surface area (Å²) in [5.74, 6) is 1.44. The Kier molecular flexibility index (Phi) is 3.09. The highest BCUT2D eigenvalue weighted by atomic mass is 32.1. The van der Waals surface area contributed by atoms with Crippen LogP contribution in [0.5, 0.6) is 0 Å². The molecule has 0 saturated carbocycles. The Balaban J connectivity index is 1.76. The minimum absolute atomic E-state index is 0.166. The summed E-state index contributed by atoms with van der Waals surface area (Å²) in [6.45, 7) is 6.58. The highest BCUT2D eigenvalue weighted by molar-refractivity contribution is 7.16. The average molecular weight is 289 g/mol. The van der Waals surface area contributed by atoms with Crippen LogP contribution in [0.15, 0.2) is 17.8 Å². The number of anilines is 1. The number of fused-ring (bicyclic) bond motifs is 1. The molecule has 3 rings (SSSR count). The predicted molar refractivity (Wildman–Crippen MR) is 77.6 cm³/mol. The van der Waals surface area contributed by atoms with Gasteiger partial charge in [0.05, 0.1) is 17.5 Å². The van der Waals surface area contributed by atoms with Gasteiger partial charge in [0.25, 0.3) is 0 Å². The molecule has 104 valence electrons. The van der Waals surface area contributed by atoms with Crippen LogP contribution in [-0.2, 0) is 12.1 Å². The molecular formula is C12H15N7S. The fourth-order valence-electron chi connectivity index (χ4n) is 1.69. The fourth-order valence-corrected chi connectivity index (χ4v) is 2.42. The summed E-state index contributed by atoms with van der Waals surface area (Å²) >= 11 is 1.59. The van der Waals surface area contributed by atoms with Gasteiger partial charge in [0, 0.05) is 0 Å². The van der Waals surface area contributed by atoms with Gasteiger partial charge in [-0.05, 0) is 37.4 Å². The van der Waals surface area contributed by atoms with Gasteiger partial charge in [0.15, 0.2) is 5.82 Å². The maximum Gasteiger partial charge on any atom is 0.193 e. The lowest BCUT2D eigenvalue weighted by Gasteiger charge is -2.15. The van der Waals surface area contributed by atoms with Crippen LogP contribution >= 0.6 is 11.3 Å². The molecule has 1 N–H and O–H groups in total. The number of nitrogens with one attached hydrogen (secondary N) is 1. The molecule has 0 bridgehead atoms. The minimum atomic E-state index is -0.166. The first-order valence-electron chi connectivity index (χ1n) is 6.25. The molecule has 7 nitrogen and oxygen atoms in total. The predicted octanol–water partition coefficient (Wildman–Crippen LogP) is 2.04. The van der Waals surface area contributed by atoms with Crippen molar-refractivity contribution in [3.8, 4) is 0 Å². The largest absolute Gasteiger partial charge is 0.362 e. The van der Waals surface area contributed by atoms with Crippen LogP contribution in [0.3, 0.4) is 0 Å². The van der Waals surface area contributed by atoms with E-state index in [-0.39, 0.29) is 5.54 Å². The lowest BCUT2D eigenvalue weighted by molar-refractivity contribution is 0.305. The van der Waals surface area contributed by atoms with Crippen molar-refractivity contribution in [2.75, 3.05) is 5.32 Å². The molecule has 0 aromatic carbocycles. The summed E-state index contributed by atoms with van der Waals surface area (Å²) in [5.41, 5.74) is -0.166. The van der Waals surface area contributed by atoms with Gasteiger partial charge in [-0.15, -0.1) is 21.5 Å². The van der Waals surface area contributed by atoms with E-state index in [0.717, 1.165) is 16.0 Å². The number of hydrogen-bond donors (Lipinski definition) is 1. The van der Waals surface area contributed by atoms with Gasteiger partial charge in [0.2, 0.25) is 0 Å². The summed E-state index contributed by atoms with van der Waals surface area (Å²) < 4.78 is 0. The summed E-state index contributed by atoms with van der Waals surface area (Å²) in [5, 5.41) is 18.7. The topological polar surface area (TPSA) is 81.4 Å². The minimum Gasteiger partial charge on any atom is -0.362 e. The second kappa shape index (κ2) is 4.78. The summed E-state index contributed by atoms with van der Waals surface area (Å²) in [7, 11) is 0. The molecule has 0 aliphatic rings. The van der Waals surface area contributed by atoms with Gasteiger partial charge in [-0.25, -0.2) is 9.97 Å². The van der Waals surface area contributed by atoms with Crippen molar-refractivity contribution >= 4 is 27.4 Å². The molecule has 0 unspecified atom stereocenters. The molecule has 0 aliphatic carbocycles. The number of rotatable bonds is 3. The van der Waals surface area contributed by atoms with E-state index in [2.05, 4.69) is 30.7 Å². The Bertz CT molecular complexity index is 725. The van der Waals surface area contributed by atoms with Crippen molar-refractivity contribution in [3.63, 3.8) is 0 Å². The van der Waals surface area contributed by atoms with E-state index in [1.165, 1.54) is 0 Å². The molecule has 0 fully saturated rings. The van der Waals surface area contributed by atoms with E-state index in [4.69, 9.17) is 0 Å². The fraction of sp³-hybridized carbons (Fsp3) is 0.417. The molecule has 3 aromatic heterocycles. The maximum absolute atomic E-state index is 4.36. The Hall–Kier alpha value is -2.09. The van der Waals surface area contributed by atoms with E-state index in [9.17, 15) is 0 Å². The first-order chi connectivity index (χ1) is 9.54. The highest BCUT2D eigenvalue weighted by Gasteiger charge is 2.17. The van der Waals surface area contributed by atoms with Gasteiger partial charge in [0.1, 0.15) is 17.0 Å². The van der Waals surface area contributed by atoms with E-state index < -0.39 is 0 Å². The molecule has 20 heavy (non-hydrogen) atoms. The Morgan fingerprint density at radius 3 is 2.90 bits per heavy atom. The third-order valence-electron chi connectivity index (χ3n) is 2.73. The van der Waals surface area contributed by atoms with Crippen LogP contribution in [0, 0.1) is 0 Å². The molecule has 3 aromatic rings. The van der Waals surface area contributed by atoms with Crippen molar-refractivity contribution in [1.82, 2.24) is 30.2 Å². The summed E-state index contributed by atoms with van der Waals surface area (Å²) in [6.07, 6.45) is 1.56. The molecule has 3 heterocycles. The normalized spacial score (nSPS) is 11.9. The van der Waals surface area contributed by atoms with Gasteiger partial charge in [-0.3, -0.25) is 0 Å². The molecule has 0 saturated heterocycles. The van der Waals surface area contributed by atoms with Crippen LogP contribution in [0.4, 0.5) is 5.82 Å². The van der Waals surface area contributed by atoms with Crippen LogP contribution < -0.4 is 5.32 Å².